The number of carbonyl (C=O) groups is 2. The van der Waals surface area contributed by atoms with Crippen molar-refractivity contribution in [2.24, 2.45) is 5.73 Å². The number of anilines is 3. The Morgan fingerprint density at radius 1 is 1.22 bits per heavy atom. The summed E-state index contributed by atoms with van der Waals surface area (Å²) in [5.41, 5.74) is 7.93. The molecule has 1 saturated heterocycles. The molecular weight excluding hydrogens is 452 g/mol. The lowest BCUT2D eigenvalue weighted by molar-refractivity contribution is -0.117. The fraction of sp³-hybridized carbons (Fsp3) is 0.364. The number of benzene rings is 2. The minimum absolute atomic E-state index is 0.136. The van der Waals surface area contributed by atoms with Gasteiger partial charge in [-0.05, 0) is 67.8 Å². The van der Waals surface area contributed by atoms with E-state index in [1.54, 1.807) is 49.4 Å². The summed E-state index contributed by atoms with van der Waals surface area (Å²) in [7, 11) is -3.30. The second-order valence-electron chi connectivity index (χ2n) is 7.72. The van der Waals surface area contributed by atoms with Crippen LogP contribution in [0.25, 0.3) is 0 Å². The summed E-state index contributed by atoms with van der Waals surface area (Å²) in [4.78, 5) is 26.6. The Morgan fingerprint density at radius 3 is 2.44 bits per heavy atom. The summed E-state index contributed by atoms with van der Waals surface area (Å²) in [6.07, 6.45) is 1.65. The maximum atomic E-state index is 13.2. The molecule has 1 atom stereocenters. The first-order valence-electron chi connectivity index (χ1n) is 10.4. The molecule has 1 heterocycles. The number of hydrogen-bond donors (Lipinski definition) is 2. The van der Waals surface area contributed by atoms with Crippen LogP contribution in [0.3, 0.4) is 0 Å². The number of halogens is 1. The molecule has 1 unspecified atom stereocenters. The fourth-order valence-corrected chi connectivity index (χ4v) is 5.61. The van der Waals surface area contributed by atoms with E-state index in [4.69, 9.17) is 17.3 Å². The summed E-state index contributed by atoms with van der Waals surface area (Å²) < 4.78 is 25.9. The molecule has 0 saturated carbocycles. The number of amides is 3. The summed E-state index contributed by atoms with van der Waals surface area (Å²) >= 11 is 5.94. The lowest BCUT2D eigenvalue weighted by Gasteiger charge is -2.29. The Balaban J connectivity index is 1.84. The first kappa shape index (κ1) is 23.9. The molecule has 1 fully saturated rings. The molecule has 0 bridgehead atoms. The highest BCUT2D eigenvalue weighted by atomic mass is 35.5. The zero-order chi connectivity index (χ0) is 23.5. The number of hydrogen-bond acceptors (Lipinski definition) is 4. The second-order valence-corrected chi connectivity index (χ2v) is 10.2. The largest absolute Gasteiger partial charge is 0.351 e. The Bertz CT molecular complexity index is 1110. The van der Waals surface area contributed by atoms with Gasteiger partial charge < -0.3 is 11.1 Å². The van der Waals surface area contributed by atoms with E-state index in [2.05, 4.69) is 5.32 Å². The Hall–Kier alpha value is -2.78. The molecule has 2 aromatic rings. The first-order chi connectivity index (χ1) is 15.1. The number of sulfonamides is 1. The van der Waals surface area contributed by atoms with Gasteiger partial charge in [0.1, 0.15) is 6.04 Å². The molecule has 3 amide bonds. The van der Waals surface area contributed by atoms with Crippen LogP contribution in [0, 0.1) is 6.92 Å². The zero-order valence-electron chi connectivity index (χ0n) is 18.0. The molecule has 0 spiro atoms. The third-order valence-corrected chi connectivity index (χ3v) is 7.46. The molecule has 32 heavy (non-hydrogen) atoms. The lowest BCUT2D eigenvalue weighted by atomic mass is 10.1. The van der Waals surface area contributed by atoms with Gasteiger partial charge in [0.05, 0.1) is 11.4 Å². The van der Waals surface area contributed by atoms with Crippen LogP contribution < -0.4 is 20.3 Å². The van der Waals surface area contributed by atoms with Gasteiger partial charge in [0, 0.05) is 22.9 Å². The number of primary amides is 1. The topological polar surface area (TPSA) is 113 Å². The highest BCUT2D eigenvalue weighted by molar-refractivity contribution is 7.93. The van der Waals surface area contributed by atoms with Crippen LogP contribution >= 0.6 is 11.6 Å². The maximum Gasteiger partial charge on any atom is 0.320 e. The fourth-order valence-electron chi connectivity index (χ4n) is 3.86. The predicted octanol–water partition coefficient (Wildman–Crippen LogP) is 3.88. The molecule has 3 rings (SSSR count). The average molecular weight is 479 g/mol. The third-order valence-electron chi connectivity index (χ3n) is 5.35. The minimum Gasteiger partial charge on any atom is -0.351 e. The van der Waals surface area contributed by atoms with E-state index in [1.807, 2.05) is 6.92 Å². The van der Waals surface area contributed by atoms with E-state index in [0.717, 1.165) is 5.56 Å². The normalized spacial score (nSPS) is 15.9. The number of rotatable bonds is 7. The summed E-state index contributed by atoms with van der Waals surface area (Å²) in [6.45, 7) is 4.16. The predicted molar refractivity (Wildman–Crippen MR) is 128 cm³/mol. The summed E-state index contributed by atoms with van der Waals surface area (Å²) in [5, 5.41) is 3.35. The molecular formula is C22H27ClN4O4S. The Kier molecular flexibility index (Phi) is 7.30. The molecule has 0 aliphatic carbocycles. The monoisotopic (exact) mass is 478 g/mol. The van der Waals surface area contributed by atoms with Crippen molar-refractivity contribution in [3.63, 3.8) is 0 Å². The molecule has 0 radical (unpaired) electrons. The number of nitrogens with zero attached hydrogens (tertiary/aromatic N) is 2. The van der Waals surface area contributed by atoms with Gasteiger partial charge in [-0.3, -0.25) is 14.0 Å². The van der Waals surface area contributed by atoms with E-state index >= 15 is 0 Å². The van der Waals surface area contributed by atoms with Gasteiger partial charge in [-0.2, -0.15) is 0 Å². The average Bonchev–Trinajstić information content (AvgIpc) is 3.07. The van der Waals surface area contributed by atoms with Gasteiger partial charge in [0.15, 0.2) is 0 Å². The van der Waals surface area contributed by atoms with Crippen LogP contribution in [-0.4, -0.2) is 38.7 Å². The van der Waals surface area contributed by atoms with Crippen molar-refractivity contribution in [2.75, 3.05) is 26.8 Å². The van der Waals surface area contributed by atoms with Gasteiger partial charge in [-0.25, -0.2) is 13.2 Å². The first-order valence-corrected chi connectivity index (χ1v) is 12.4. The standard InChI is InChI=1S/C22H27ClN4O4S/c1-3-5-20(27(22(24)29)18-9-6-16(23)7-10-18)21(28)25-17-8-11-19(15(2)14-17)26-12-4-13-32(26,30)31/h6-11,14,20H,3-5,12-13H2,1-2H3,(H2,24,29)(H,25,28). The van der Waals surface area contributed by atoms with Crippen LogP contribution in [-0.2, 0) is 14.8 Å². The van der Waals surface area contributed by atoms with Gasteiger partial charge in [-0.1, -0.05) is 24.9 Å². The van der Waals surface area contributed by atoms with E-state index in [1.165, 1.54) is 9.21 Å². The molecule has 2 aromatic carbocycles. The van der Waals surface area contributed by atoms with Gasteiger partial charge in [-0.15, -0.1) is 0 Å². The van der Waals surface area contributed by atoms with Gasteiger partial charge >= 0.3 is 6.03 Å². The van der Waals surface area contributed by atoms with Crippen molar-refractivity contribution >= 4 is 50.6 Å². The SMILES string of the molecule is CCCC(C(=O)Nc1ccc(N2CCCS2(=O)=O)c(C)c1)N(C(N)=O)c1ccc(Cl)cc1. The van der Waals surface area contributed by atoms with Gasteiger partial charge in [0.2, 0.25) is 15.9 Å². The smallest absolute Gasteiger partial charge is 0.320 e. The molecule has 172 valence electrons. The van der Waals surface area contributed by atoms with Crippen LogP contribution in [0.2, 0.25) is 5.02 Å². The highest BCUT2D eigenvalue weighted by Gasteiger charge is 2.31. The lowest BCUT2D eigenvalue weighted by Crippen LogP contribution is -2.50. The second kappa shape index (κ2) is 9.79. The number of nitrogens with two attached hydrogens (primary N) is 1. The Labute approximate surface area is 193 Å². The van der Waals surface area contributed by atoms with Crippen LogP contribution in [0.15, 0.2) is 42.5 Å². The van der Waals surface area contributed by atoms with Crippen LogP contribution in [0.1, 0.15) is 31.7 Å². The highest BCUT2D eigenvalue weighted by Crippen LogP contribution is 2.30. The molecule has 1 aliphatic rings. The van der Waals surface area contributed by atoms with Crippen molar-refractivity contribution in [3.05, 3.63) is 53.1 Å². The molecule has 3 N–H and O–H groups in total. The number of nitrogens with one attached hydrogen (secondary N) is 1. The van der Waals surface area contributed by atoms with Crippen molar-refractivity contribution < 1.29 is 18.0 Å². The van der Waals surface area contributed by atoms with Crippen molar-refractivity contribution in [1.82, 2.24) is 0 Å². The van der Waals surface area contributed by atoms with E-state index in [9.17, 15) is 18.0 Å². The number of urea groups is 1. The van der Waals surface area contributed by atoms with E-state index < -0.39 is 22.1 Å². The number of carbonyl (C=O) groups excluding carboxylic acids is 2. The third kappa shape index (κ3) is 5.16. The summed E-state index contributed by atoms with van der Waals surface area (Å²) in [5.74, 6) is -0.251. The summed E-state index contributed by atoms with van der Waals surface area (Å²) in [6, 6.07) is 10.0. The van der Waals surface area contributed by atoms with Crippen LogP contribution in [0.4, 0.5) is 21.9 Å². The van der Waals surface area contributed by atoms with Crippen molar-refractivity contribution in [1.29, 1.82) is 0 Å². The molecule has 0 aromatic heterocycles. The quantitative estimate of drug-likeness (QED) is 0.628. The van der Waals surface area contributed by atoms with Gasteiger partial charge in [0.25, 0.3) is 0 Å². The van der Waals surface area contributed by atoms with Crippen molar-refractivity contribution in [2.45, 2.75) is 39.2 Å². The molecule has 8 nitrogen and oxygen atoms in total. The molecule has 1 aliphatic heterocycles. The number of aryl methyl sites for hydroxylation is 1. The van der Waals surface area contributed by atoms with E-state index in [-0.39, 0.29) is 11.7 Å². The van der Waals surface area contributed by atoms with E-state index in [0.29, 0.717) is 47.9 Å². The van der Waals surface area contributed by atoms with Crippen LogP contribution in [0.5, 0.6) is 0 Å². The zero-order valence-corrected chi connectivity index (χ0v) is 19.6. The van der Waals surface area contributed by atoms with Crippen molar-refractivity contribution in [3.8, 4) is 0 Å². The minimum atomic E-state index is -3.30. The maximum absolute atomic E-state index is 13.2. The molecule has 10 heteroatoms. The Morgan fingerprint density at radius 2 is 1.91 bits per heavy atom.